The van der Waals surface area contributed by atoms with E-state index >= 15 is 0 Å². The van der Waals surface area contributed by atoms with Gasteiger partial charge in [0.05, 0.1) is 0 Å². The molecule has 0 radical (unpaired) electrons. The van der Waals surface area contributed by atoms with Gasteiger partial charge in [0.15, 0.2) is 0 Å². The molecule has 0 heterocycles. The first-order valence-corrected chi connectivity index (χ1v) is 10.5. The van der Waals surface area contributed by atoms with Crippen molar-refractivity contribution < 1.29 is 0 Å². The molecule has 0 spiro atoms. The molecule has 0 fully saturated rings. The van der Waals surface area contributed by atoms with Crippen molar-refractivity contribution in [1.82, 2.24) is 0 Å². The lowest BCUT2D eigenvalue weighted by molar-refractivity contribution is 1.55. The van der Waals surface area contributed by atoms with Gasteiger partial charge >= 0.3 is 0 Å². The van der Waals surface area contributed by atoms with E-state index in [0.717, 1.165) is 16.8 Å². The van der Waals surface area contributed by atoms with E-state index < -0.39 is 0 Å². The molecule has 0 bridgehead atoms. The lowest BCUT2D eigenvalue weighted by Gasteiger charge is -2.16. The fraction of sp³-hybridized carbons (Fsp3) is 0. The lowest BCUT2D eigenvalue weighted by Crippen LogP contribution is -1.92. The molecule has 0 amide bonds. The largest absolute Gasteiger partial charge is 0.399 e. The van der Waals surface area contributed by atoms with Crippen molar-refractivity contribution in [1.29, 1.82) is 0 Å². The van der Waals surface area contributed by atoms with Gasteiger partial charge in [-0.15, -0.1) is 0 Å². The first-order valence-electron chi connectivity index (χ1n) is 10.5. The minimum absolute atomic E-state index is 0.767. The highest BCUT2D eigenvalue weighted by atomic mass is 14.5. The highest BCUT2D eigenvalue weighted by Crippen LogP contribution is 2.39. The average molecular weight is 398 g/mol. The Morgan fingerprint density at radius 3 is 1.26 bits per heavy atom. The van der Waals surface area contributed by atoms with Crippen LogP contribution in [0.15, 0.2) is 127 Å². The Bertz CT molecular complexity index is 1310. The number of hydrogen-bond acceptors (Lipinski definition) is 1. The standard InChI is InChI=1S/C30H23N/c31-26-17-19-28(23-12-6-2-7-13-23)30(21-26)25-16-18-27(22-10-4-1-5-11-22)29(20-25)24-14-8-3-9-15-24/h1-21H,31H2. The van der Waals surface area contributed by atoms with Gasteiger partial charge in [-0.2, -0.15) is 0 Å². The molecule has 5 aromatic carbocycles. The molecule has 1 nitrogen and oxygen atoms in total. The Balaban J connectivity index is 1.73. The van der Waals surface area contributed by atoms with Crippen molar-refractivity contribution in [3.8, 4) is 44.5 Å². The SMILES string of the molecule is Nc1ccc(-c2ccccc2)c(-c2ccc(-c3ccccc3)c(-c3ccccc3)c2)c1. The lowest BCUT2D eigenvalue weighted by atomic mass is 9.88. The van der Waals surface area contributed by atoms with E-state index in [1.807, 2.05) is 12.1 Å². The second kappa shape index (κ2) is 8.33. The van der Waals surface area contributed by atoms with Crippen LogP contribution in [-0.4, -0.2) is 0 Å². The smallest absolute Gasteiger partial charge is 0.0320 e. The van der Waals surface area contributed by atoms with Crippen molar-refractivity contribution in [2.75, 3.05) is 5.73 Å². The van der Waals surface area contributed by atoms with Crippen LogP contribution in [0, 0.1) is 0 Å². The van der Waals surface area contributed by atoms with Crippen molar-refractivity contribution in [2.45, 2.75) is 0 Å². The predicted molar refractivity (Wildman–Crippen MR) is 133 cm³/mol. The van der Waals surface area contributed by atoms with E-state index in [-0.39, 0.29) is 0 Å². The third kappa shape index (κ3) is 3.86. The number of nitrogen functional groups attached to an aromatic ring is 1. The molecular weight excluding hydrogens is 374 g/mol. The second-order valence-corrected chi connectivity index (χ2v) is 7.66. The fourth-order valence-electron chi connectivity index (χ4n) is 4.11. The van der Waals surface area contributed by atoms with Crippen LogP contribution in [0.25, 0.3) is 44.5 Å². The van der Waals surface area contributed by atoms with E-state index in [1.165, 1.54) is 33.4 Å². The van der Waals surface area contributed by atoms with Gasteiger partial charge in [-0.05, 0) is 62.7 Å². The van der Waals surface area contributed by atoms with Gasteiger partial charge in [0, 0.05) is 5.69 Å². The number of rotatable bonds is 4. The first-order chi connectivity index (χ1) is 15.3. The topological polar surface area (TPSA) is 26.0 Å². The number of nitrogens with two attached hydrogens (primary N) is 1. The van der Waals surface area contributed by atoms with E-state index in [0.29, 0.717) is 0 Å². The normalized spacial score (nSPS) is 10.7. The molecule has 5 rings (SSSR count). The molecule has 1 heteroatoms. The van der Waals surface area contributed by atoms with Crippen molar-refractivity contribution >= 4 is 5.69 Å². The van der Waals surface area contributed by atoms with Crippen LogP contribution in [0.4, 0.5) is 5.69 Å². The van der Waals surface area contributed by atoms with E-state index in [2.05, 4.69) is 115 Å². The van der Waals surface area contributed by atoms with Gasteiger partial charge in [0.1, 0.15) is 0 Å². The summed E-state index contributed by atoms with van der Waals surface area (Å²) in [5.74, 6) is 0. The zero-order valence-electron chi connectivity index (χ0n) is 17.2. The van der Waals surface area contributed by atoms with E-state index in [4.69, 9.17) is 5.73 Å². The summed E-state index contributed by atoms with van der Waals surface area (Å²) < 4.78 is 0. The van der Waals surface area contributed by atoms with Crippen LogP contribution in [0.1, 0.15) is 0 Å². The predicted octanol–water partition coefficient (Wildman–Crippen LogP) is 7.94. The summed E-state index contributed by atoms with van der Waals surface area (Å²) in [6.07, 6.45) is 0. The Morgan fingerprint density at radius 2 is 0.742 bits per heavy atom. The van der Waals surface area contributed by atoms with Crippen LogP contribution in [0.3, 0.4) is 0 Å². The van der Waals surface area contributed by atoms with Gasteiger partial charge in [0.2, 0.25) is 0 Å². The first kappa shape index (κ1) is 18.9. The molecule has 0 saturated carbocycles. The molecule has 31 heavy (non-hydrogen) atoms. The van der Waals surface area contributed by atoms with E-state index in [1.54, 1.807) is 0 Å². The number of anilines is 1. The van der Waals surface area contributed by atoms with Gasteiger partial charge in [-0.1, -0.05) is 109 Å². The van der Waals surface area contributed by atoms with Crippen LogP contribution in [0.5, 0.6) is 0 Å². The van der Waals surface area contributed by atoms with Crippen LogP contribution in [-0.2, 0) is 0 Å². The van der Waals surface area contributed by atoms with E-state index in [9.17, 15) is 0 Å². The molecule has 5 aromatic rings. The molecule has 0 aliphatic heterocycles. The summed E-state index contributed by atoms with van der Waals surface area (Å²) in [6, 6.07) is 44.5. The van der Waals surface area contributed by atoms with Gasteiger partial charge in [-0.25, -0.2) is 0 Å². The number of benzene rings is 5. The summed E-state index contributed by atoms with van der Waals surface area (Å²) >= 11 is 0. The van der Waals surface area contributed by atoms with Gasteiger partial charge in [-0.3, -0.25) is 0 Å². The highest BCUT2D eigenvalue weighted by Gasteiger charge is 2.13. The molecule has 0 aliphatic rings. The quantitative estimate of drug-likeness (QED) is 0.306. The maximum absolute atomic E-state index is 6.21. The second-order valence-electron chi connectivity index (χ2n) is 7.66. The maximum atomic E-state index is 6.21. The Morgan fingerprint density at radius 1 is 0.323 bits per heavy atom. The monoisotopic (exact) mass is 397 g/mol. The molecule has 0 aromatic heterocycles. The Hall–Kier alpha value is -4.10. The van der Waals surface area contributed by atoms with Crippen molar-refractivity contribution in [3.63, 3.8) is 0 Å². The average Bonchev–Trinajstić information content (AvgIpc) is 2.85. The Labute approximate surface area is 183 Å². The fourth-order valence-corrected chi connectivity index (χ4v) is 4.11. The molecular formula is C30H23N. The zero-order chi connectivity index (χ0) is 21.0. The third-order valence-electron chi connectivity index (χ3n) is 5.63. The van der Waals surface area contributed by atoms with Crippen LogP contribution in [0.2, 0.25) is 0 Å². The van der Waals surface area contributed by atoms with Gasteiger partial charge in [0.25, 0.3) is 0 Å². The van der Waals surface area contributed by atoms with Crippen LogP contribution < -0.4 is 5.73 Å². The molecule has 0 unspecified atom stereocenters. The summed E-state index contributed by atoms with van der Waals surface area (Å²) in [6.45, 7) is 0. The van der Waals surface area contributed by atoms with Gasteiger partial charge < -0.3 is 5.73 Å². The Kier molecular flexibility index (Phi) is 5.08. The minimum atomic E-state index is 0.767. The molecule has 0 aliphatic carbocycles. The summed E-state index contributed by atoms with van der Waals surface area (Å²) in [7, 11) is 0. The summed E-state index contributed by atoms with van der Waals surface area (Å²) in [4.78, 5) is 0. The summed E-state index contributed by atoms with van der Waals surface area (Å²) in [5, 5.41) is 0. The zero-order valence-corrected chi connectivity index (χ0v) is 17.2. The molecule has 2 N–H and O–H groups in total. The third-order valence-corrected chi connectivity index (χ3v) is 5.63. The maximum Gasteiger partial charge on any atom is 0.0320 e. The highest BCUT2D eigenvalue weighted by molar-refractivity contribution is 5.91. The van der Waals surface area contributed by atoms with Crippen molar-refractivity contribution in [2.24, 2.45) is 0 Å². The summed E-state index contributed by atoms with van der Waals surface area (Å²) in [5.41, 5.74) is 16.5. The van der Waals surface area contributed by atoms with Crippen LogP contribution >= 0.6 is 0 Å². The molecule has 148 valence electrons. The number of hydrogen-bond donors (Lipinski definition) is 1. The molecule has 0 saturated heterocycles. The minimum Gasteiger partial charge on any atom is -0.399 e. The molecule has 0 atom stereocenters. The van der Waals surface area contributed by atoms with Crippen molar-refractivity contribution in [3.05, 3.63) is 127 Å².